The highest BCUT2D eigenvalue weighted by Gasteiger charge is 2.20. The Hall–Kier alpha value is -4.86. The summed E-state index contributed by atoms with van der Waals surface area (Å²) < 4.78 is 11.5. The van der Waals surface area contributed by atoms with E-state index in [1.807, 2.05) is 11.3 Å². The summed E-state index contributed by atoms with van der Waals surface area (Å²) in [6.07, 6.45) is 0. The number of rotatable bonds is 2. The average Bonchev–Trinajstić information content (AvgIpc) is 3.66. The SMILES string of the molecule is c1ccc(-n2c3ccccc3c3oc4ccc(-c5cccc6sc7c8ccccc8ccc7c56)cc4c32)cc1. The number of hydrogen-bond acceptors (Lipinski definition) is 2. The highest BCUT2D eigenvalue weighted by Crippen LogP contribution is 2.45. The predicted octanol–water partition coefficient (Wildman–Crippen LogP) is 10.7. The first-order valence-electron chi connectivity index (χ1n) is 13.2. The number of aromatic nitrogens is 1. The molecule has 9 rings (SSSR count). The van der Waals surface area contributed by atoms with E-state index in [2.05, 4.69) is 132 Å². The summed E-state index contributed by atoms with van der Waals surface area (Å²) >= 11 is 1.89. The van der Waals surface area contributed by atoms with E-state index >= 15 is 0 Å². The predicted molar refractivity (Wildman–Crippen MR) is 166 cm³/mol. The molecule has 9 aromatic rings. The van der Waals surface area contributed by atoms with Crippen LogP contribution in [-0.4, -0.2) is 4.57 Å². The lowest BCUT2D eigenvalue weighted by molar-refractivity contribution is 0.673. The van der Waals surface area contributed by atoms with Crippen molar-refractivity contribution in [2.45, 2.75) is 0 Å². The lowest BCUT2D eigenvalue weighted by Crippen LogP contribution is -1.92. The fraction of sp³-hybridized carbons (Fsp3) is 0. The molecular formula is C36H21NOS. The van der Waals surface area contributed by atoms with Gasteiger partial charge in [-0.3, -0.25) is 0 Å². The van der Waals surface area contributed by atoms with Crippen molar-refractivity contribution < 1.29 is 4.42 Å². The van der Waals surface area contributed by atoms with Gasteiger partial charge in [0.25, 0.3) is 0 Å². The number of fused-ring (bicyclic) bond motifs is 10. The second-order valence-corrected chi connectivity index (χ2v) is 11.2. The Morgan fingerprint density at radius 2 is 1.41 bits per heavy atom. The third-order valence-corrected chi connectivity index (χ3v) is 9.19. The monoisotopic (exact) mass is 515 g/mol. The van der Waals surface area contributed by atoms with Gasteiger partial charge in [-0.15, -0.1) is 11.3 Å². The molecule has 39 heavy (non-hydrogen) atoms. The molecule has 0 aliphatic rings. The van der Waals surface area contributed by atoms with Crippen LogP contribution in [0.15, 0.2) is 132 Å². The smallest absolute Gasteiger partial charge is 0.161 e. The summed E-state index contributed by atoms with van der Waals surface area (Å²) in [6, 6.07) is 45.7. The van der Waals surface area contributed by atoms with Gasteiger partial charge in [-0.05, 0) is 64.4 Å². The average molecular weight is 516 g/mol. The largest absolute Gasteiger partial charge is 0.454 e. The van der Waals surface area contributed by atoms with Crippen molar-refractivity contribution in [2.75, 3.05) is 0 Å². The first-order chi connectivity index (χ1) is 19.3. The lowest BCUT2D eigenvalue weighted by atomic mass is 9.97. The van der Waals surface area contributed by atoms with Crippen molar-refractivity contribution in [3.05, 3.63) is 127 Å². The molecule has 3 aromatic heterocycles. The molecule has 182 valence electrons. The third-order valence-electron chi connectivity index (χ3n) is 7.99. The zero-order valence-corrected chi connectivity index (χ0v) is 21.7. The molecule has 3 heteroatoms. The Labute approximate surface area is 227 Å². The number of para-hydroxylation sites is 2. The van der Waals surface area contributed by atoms with Crippen molar-refractivity contribution >= 4 is 75.3 Å². The lowest BCUT2D eigenvalue weighted by Gasteiger charge is -2.08. The van der Waals surface area contributed by atoms with Crippen LogP contribution in [0.5, 0.6) is 0 Å². The number of benzene rings is 6. The Balaban J connectivity index is 1.37. The Morgan fingerprint density at radius 3 is 2.33 bits per heavy atom. The van der Waals surface area contributed by atoms with Crippen LogP contribution in [0.25, 0.3) is 80.7 Å². The summed E-state index contributed by atoms with van der Waals surface area (Å²) in [5.41, 5.74) is 7.71. The van der Waals surface area contributed by atoms with Gasteiger partial charge >= 0.3 is 0 Å². The first-order valence-corrected chi connectivity index (χ1v) is 14.0. The quantitative estimate of drug-likeness (QED) is 0.224. The minimum atomic E-state index is 0.910. The van der Waals surface area contributed by atoms with Gasteiger partial charge in [0.05, 0.1) is 5.52 Å². The molecule has 0 radical (unpaired) electrons. The Bertz CT molecular complexity index is 2390. The van der Waals surface area contributed by atoms with Crippen molar-refractivity contribution in [1.82, 2.24) is 4.57 Å². The molecule has 0 unspecified atom stereocenters. The van der Waals surface area contributed by atoms with E-state index in [0.717, 1.165) is 38.7 Å². The van der Waals surface area contributed by atoms with Crippen LogP contribution in [-0.2, 0) is 0 Å². The number of furan rings is 1. The first kappa shape index (κ1) is 21.1. The topological polar surface area (TPSA) is 18.1 Å². The molecule has 0 aliphatic carbocycles. The second kappa shape index (κ2) is 7.83. The third kappa shape index (κ3) is 2.91. The zero-order valence-electron chi connectivity index (χ0n) is 20.9. The van der Waals surface area contributed by atoms with Crippen LogP contribution in [0.4, 0.5) is 0 Å². The van der Waals surface area contributed by atoms with E-state index in [0.29, 0.717) is 0 Å². The maximum Gasteiger partial charge on any atom is 0.161 e. The molecule has 0 aliphatic heterocycles. The van der Waals surface area contributed by atoms with E-state index < -0.39 is 0 Å². The molecule has 0 atom stereocenters. The van der Waals surface area contributed by atoms with Crippen molar-refractivity contribution in [1.29, 1.82) is 0 Å². The second-order valence-electron chi connectivity index (χ2n) is 10.1. The minimum absolute atomic E-state index is 0.910. The van der Waals surface area contributed by atoms with Crippen LogP contribution in [0.1, 0.15) is 0 Å². The van der Waals surface area contributed by atoms with E-state index in [4.69, 9.17) is 4.42 Å². The Kier molecular flexibility index (Phi) is 4.24. The summed E-state index contributed by atoms with van der Waals surface area (Å²) in [5.74, 6) is 0. The summed E-state index contributed by atoms with van der Waals surface area (Å²) in [5, 5.41) is 7.51. The van der Waals surface area contributed by atoms with Gasteiger partial charge in [0.2, 0.25) is 0 Å². The zero-order chi connectivity index (χ0) is 25.5. The highest BCUT2D eigenvalue weighted by atomic mass is 32.1. The number of hydrogen-bond donors (Lipinski definition) is 0. The Morgan fingerprint density at radius 1 is 0.590 bits per heavy atom. The summed E-state index contributed by atoms with van der Waals surface area (Å²) in [7, 11) is 0. The van der Waals surface area contributed by atoms with E-state index in [9.17, 15) is 0 Å². The van der Waals surface area contributed by atoms with Crippen molar-refractivity contribution in [3.63, 3.8) is 0 Å². The van der Waals surface area contributed by atoms with Crippen LogP contribution in [0.3, 0.4) is 0 Å². The van der Waals surface area contributed by atoms with Crippen molar-refractivity contribution in [3.8, 4) is 16.8 Å². The van der Waals surface area contributed by atoms with Crippen LogP contribution < -0.4 is 0 Å². The van der Waals surface area contributed by atoms with Gasteiger partial charge in [0.15, 0.2) is 5.58 Å². The molecule has 6 aromatic carbocycles. The number of nitrogens with zero attached hydrogens (tertiary/aromatic N) is 1. The molecule has 0 bridgehead atoms. The van der Waals surface area contributed by atoms with Crippen LogP contribution >= 0.6 is 11.3 Å². The highest BCUT2D eigenvalue weighted by molar-refractivity contribution is 7.26. The summed E-state index contributed by atoms with van der Waals surface area (Å²) in [4.78, 5) is 0. The molecular weight excluding hydrogens is 494 g/mol. The van der Waals surface area contributed by atoms with E-state index in [1.54, 1.807) is 0 Å². The maximum absolute atomic E-state index is 6.53. The van der Waals surface area contributed by atoms with Gasteiger partial charge in [0.1, 0.15) is 11.1 Å². The van der Waals surface area contributed by atoms with Crippen LogP contribution in [0.2, 0.25) is 0 Å². The summed E-state index contributed by atoms with van der Waals surface area (Å²) in [6.45, 7) is 0. The standard InChI is InChI=1S/C36H21NOS/c1-2-10-24(11-3-1)37-30-15-7-6-13-27(30)35-34(37)29-21-23(18-20-31(29)38-35)25-14-8-16-32-33(25)28-19-17-22-9-4-5-12-26(22)36(28)39-32/h1-21H. The molecule has 0 fully saturated rings. The van der Waals surface area contributed by atoms with Gasteiger partial charge in [0, 0.05) is 36.6 Å². The molecule has 0 N–H and O–H groups in total. The van der Waals surface area contributed by atoms with Crippen LogP contribution in [0, 0.1) is 0 Å². The molecule has 0 saturated heterocycles. The normalized spacial score (nSPS) is 12.1. The fourth-order valence-corrected chi connectivity index (χ4v) is 7.54. The number of thiophene rings is 1. The van der Waals surface area contributed by atoms with E-state index in [1.165, 1.54) is 42.1 Å². The fourth-order valence-electron chi connectivity index (χ4n) is 6.28. The maximum atomic E-state index is 6.53. The molecule has 0 amide bonds. The molecule has 3 heterocycles. The van der Waals surface area contributed by atoms with Crippen molar-refractivity contribution in [2.24, 2.45) is 0 Å². The van der Waals surface area contributed by atoms with E-state index in [-0.39, 0.29) is 0 Å². The molecule has 2 nitrogen and oxygen atoms in total. The molecule has 0 saturated carbocycles. The van der Waals surface area contributed by atoms with Gasteiger partial charge in [-0.25, -0.2) is 0 Å². The van der Waals surface area contributed by atoms with Gasteiger partial charge < -0.3 is 8.98 Å². The minimum Gasteiger partial charge on any atom is -0.454 e. The van der Waals surface area contributed by atoms with Gasteiger partial charge in [-0.1, -0.05) is 84.9 Å². The van der Waals surface area contributed by atoms with Gasteiger partial charge in [-0.2, -0.15) is 0 Å². The molecule has 0 spiro atoms.